The molecular formula is C25H22N2. The molecular weight excluding hydrogens is 328 g/mol. The van der Waals surface area contributed by atoms with Crippen molar-refractivity contribution in [1.29, 1.82) is 0 Å². The molecule has 0 saturated carbocycles. The van der Waals surface area contributed by atoms with Crippen LogP contribution in [0.15, 0.2) is 109 Å². The molecule has 2 nitrogen and oxygen atoms in total. The van der Waals surface area contributed by atoms with E-state index in [4.69, 9.17) is 0 Å². The molecule has 132 valence electrons. The molecule has 4 aromatic rings. The Morgan fingerprint density at radius 2 is 1.07 bits per heavy atom. The van der Waals surface area contributed by atoms with Crippen LogP contribution in [0.5, 0.6) is 0 Å². The second kappa shape index (κ2) is 7.79. The molecule has 4 aromatic carbocycles. The molecule has 0 aliphatic carbocycles. The van der Waals surface area contributed by atoms with Gasteiger partial charge in [0.05, 0.1) is 0 Å². The van der Waals surface area contributed by atoms with Crippen LogP contribution in [0.25, 0.3) is 0 Å². The highest BCUT2D eigenvalue weighted by atomic mass is 15.1. The highest BCUT2D eigenvalue weighted by Gasteiger charge is 2.13. The van der Waals surface area contributed by atoms with Gasteiger partial charge in [-0.2, -0.15) is 0 Å². The zero-order valence-electron chi connectivity index (χ0n) is 15.3. The van der Waals surface area contributed by atoms with E-state index in [-0.39, 0.29) is 0 Å². The third-order valence-corrected chi connectivity index (χ3v) is 4.56. The molecule has 0 heterocycles. The van der Waals surface area contributed by atoms with E-state index < -0.39 is 0 Å². The first kappa shape index (κ1) is 16.9. The quantitative estimate of drug-likeness (QED) is 0.409. The summed E-state index contributed by atoms with van der Waals surface area (Å²) < 4.78 is 0. The van der Waals surface area contributed by atoms with Crippen LogP contribution in [0.1, 0.15) is 5.56 Å². The van der Waals surface area contributed by atoms with Gasteiger partial charge in [-0.1, -0.05) is 60.7 Å². The van der Waals surface area contributed by atoms with Crippen molar-refractivity contribution in [3.63, 3.8) is 0 Å². The van der Waals surface area contributed by atoms with E-state index in [9.17, 15) is 0 Å². The summed E-state index contributed by atoms with van der Waals surface area (Å²) in [6.45, 7) is 2.13. The van der Waals surface area contributed by atoms with Gasteiger partial charge in [-0.25, -0.2) is 0 Å². The Morgan fingerprint density at radius 3 is 1.63 bits per heavy atom. The average Bonchev–Trinajstić information content (AvgIpc) is 2.73. The van der Waals surface area contributed by atoms with Crippen molar-refractivity contribution in [1.82, 2.24) is 0 Å². The minimum absolute atomic E-state index is 1.09. The maximum absolute atomic E-state index is 3.54. The lowest BCUT2D eigenvalue weighted by atomic mass is 10.1. The number of para-hydroxylation sites is 3. The summed E-state index contributed by atoms with van der Waals surface area (Å²) in [5.41, 5.74) is 6.80. The van der Waals surface area contributed by atoms with Gasteiger partial charge >= 0.3 is 0 Å². The van der Waals surface area contributed by atoms with Crippen LogP contribution in [0.4, 0.5) is 28.4 Å². The van der Waals surface area contributed by atoms with Crippen LogP contribution in [0.2, 0.25) is 0 Å². The molecule has 1 N–H and O–H groups in total. The number of benzene rings is 4. The van der Waals surface area contributed by atoms with Crippen LogP contribution < -0.4 is 10.2 Å². The van der Waals surface area contributed by atoms with Crippen molar-refractivity contribution in [2.45, 2.75) is 6.92 Å². The summed E-state index contributed by atoms with van der Waals surface area (Å²) in [6, 6.07) is 37.8. The molecule has 0 unspecified atom stereocenters. The topological polar surface area (TPSA) is 15.3 Å². The first-order valence-electron chi connectivity index (χ1n) is 9.14. The highest BCUT2D eigenvalue weighted by Crippen LogP contribution is 2.36. The fourth-order valence-corrected chi connectivity index (χ4v) is 3.16. The van der Waals surface area contributed by atoms with E-state index in [0.29, 0.717) is 0 Å². The molecule has 0 aromatic heterocycles. The Labute approximate surface area is 160 Å². The predicted molar refractivity (Wildman–Crippen MR) is 116 cm³/mol. The molecule has 0 spiro atoms. The summed E-state index contributed by atoms with van der Waals surface area (Å²) in [5.74, 6) is 0. The monoisotopic (exact) mass is 350 g/mol. The van der Waals surface area contributed by atoms with Gasteiger partial charge < -0.3 is 10.2 Å². The highest BCUT2D eigenvalue weighted by molar-refractivity contribution is 5.79. The summed E-state index contributed by atoms with van der Waals surface area (Å²) in [4.78, 5) is 2.27. The molecule has 0 fully saturated rings. The van der Waals surface area contributed by atoms with Gasteiger partial charge in [-0.3, -0.25) is 0 Å². The van der Waals surface area contributed by atoms with Crippen molar-refractivity contribution >= 4 is 28.4 Å². The normalized spacial score (nSPS) is 10.4. The van der Waals surface area contributed by atoms with Crippen LogP contribution in [0.3, 0.4) is 0 Å². The van der Waals surface area contributed by atoms with Gasteiger partial charge in [0.2, 0.25) is 0 Å². The van der Waals surface area contributed by atoms with Crippen LogP contribution in [-0.2, 0) is 0 Å². The number of nitrogens with zero attached hydrogens (tertiary/aromatic N) is 1. The number of anilines is 5. The van der Waals surface area contributed by atoms with E-state index in [1.165, 1.54) is 5.56 Å². The lowest BCUT2D eigenvalue weighted by Crippen LogP contribution is -2.10. The van der Waals surface area contributed by atoms with Gasteiger partial charge in [0.15, 0.2) is 0 Å². The van der Waals surface area contributed by atoms with Gasteiger partial charge in [0, 0.05) is 28.4 Å². The van der Waals surface area contributed by atoms with Crippen LogP contribution in [-0.4, -0.2) is 0 Å². The maximum Gasteiger partial charge on any atom is 0.0482 e. The Balaban J connectivity index is 1.78. The Morgan fingerprint density at radius 1 is 0.556 bits per heavy atom. The van der Waals surface area contributed by atoms with E-state index in [2.05, 4.69) is 96.0 Å². The lowest BCUT2D eigenvalue weighted by molar-refractivity contribution is 1.27. The van der Waals surface area contributed by atoms with E-state index >= 15 is 0 Å². The first-order valence-corrected chi connectivity index (χ1v) is 9.14. The van der Waals surface area contributed by atoms with Crippen molar-refractivity contribution in [3.05, 3.63) is 115 Å². The van der Waals surface area contributed by atoms with Crippen molar-refractivity contribution in [3.8, 4) is 0 Å². The van der Waals surface area contributed by atoms with Crippen LogP contribution in [0, 0.1) is 6.92 Å². The second-order valence-electron chi connectivity index (χ2n) is 6.50. The van der Waals surface area contributed by atoms with Gasteiger partial charge in [-0.05, 0) is 61.0 Å². The maximum atomic E-state index is 3.54. The molecule has 27 heavy (non-hydrogen) atoms. The number of rotatable bonds is 5. The van der Waals surface area contributed by atoms with E-state index in [0.717, 1.165) is 28.4 Å². The SMILES string of the molecule is Cc1ccc(N(c2ccccc2)c2ccccc2)cc1Nc1ccccc1. The third-order valence-electron chi connectivity index (χ3n) is 4.56. The molecule has 0 saturated heterocycles. The fourth-order valence-electron chi connectivity index (χ4n) is 3.16. The van der Waals surface area contributed by atoms with Crippen molar-refractivity contribution in [2.75, 3.05) is 10.2 Å². The first-order chi connectivity index (χ1) is 13.3. The number of aryl methyl sites for hydroxylation is 1. The largest absolute Gasteiger partial charge is 0.355 e. The fraction of sp³-hybridized carbons (Fsp3) is 0.0400. The molecule has 2 heteroatoms. The summed E-state index contributed by atoms with van der Waals surface area (Å²) in [7, 11) is 0. The molecule has 0 atom stereocenters. The number of nitrogens with one attached hydrogen (secondary N) is 1. The minimum atomic E-state index is 1.09. The summed E-state index contributed by atoms with van der Waals surface area (Å²) in [6.07, 6.45) is 0. The second-order valence-corrected chi connectivity index (χ2v) is 6.50. The zero-order valence-corrected chi connectivity index (χ0v) is 15.3. The molecule has 0 amide bonds. The smallest absolute Gasteiger partial charge is 0.0482 e. The van der Waals surface area contributed by atoms with Gasteiger partial charge in [0.1, 0.15) is 0 Å². The van der Waals surface area contributed by atoms with E-state index in [1.807, 2.05) is 30.3 Å². The van der Waals surface area contributed by atoms with Crippen molar-refractivity contribution < 1.29 is 0 Å². The predicted octanol–water partition coefficient (Wildman–Crippen LogP) is 7.21. The Hall–Kier alpha value is -3.52. The van der Waals surface area contributed by atoms with Crippen molar-refractivity contribution in [2.24, 2.45) is 0 Å². The number of hydrogen-bond acceptors (Lipinski definition) is 2. The molecule has 0 aliphatic heterocycles. The molecule has 4 rings (SSSR count). The summed E-state index contributed by atoms with van der Waals surface area (Å²) in [5, 5.41) is 3.54. The Bertz CT molecular complexity index is 957. The molecule has 0 radical (unpaired) electrons. The minimum Gasteiger partial charge on any atom is -0.355 e. The summed E-state index contributed by atoms with van der Waals surface area (Å²) >= 11 is 0. The zero-order chi connectivity index (χ0) is 18.5. The standard InChI is InChI=1S/C25H22N2/c1-20-17-18-24(19-25(20)26-21-11-5-2-6-12-21)27(22-13-7-3-8-14-22)23-15-9-4-10-16-23/h2-19,26H,1H3. The average molecular weight is 350 g/mol. The van der Waals surface area contributed by atoms with Gasteiger partial charge in [-0.15, -0.1) is 0 Å². The van der Waals surface area contributed by atoms with Gasteiger partial charge in [0.25, 0.3) is 0 Å². The Kier molecular flexibility index (Phi) is 4.88. The lowest BCUT2D eigenvalue weighted by Gasteiger charge is -2.26. The molecule has 0 bridgehead atoms. The van der Waals surface area contributed by atoms with E-state index in [1.54, 1.807) is 0 Å². The molecule has 0 aliphatic rings. The van der Waals surface area contributed by atoms with Crippen LogP contribution >= 0.6 is 0 Å². The number of hydrogen-bond donors (Lipinski definition) is 1. The third kappa shape index (κ3) is 3.85.